The highest BCUT2D eigenvalue weighted by molar-refractivity contribution is 9.10. The van der Waals surface area contributed by atoms with Gasteiger partial charge in [-0.05, 0) is 42.0 Å². The summed E-state index contributed by atoms with van der Waals surface area (Å²) < 4.78 is 38.4. The van der Waals surface area contributed by atoms with Gasteiger partial charge in [0.05, 0.1) is 18.2 Å². The van der Waals surface area contributed by atoms with E-state index in [9.17, 15) is 17.6 Å². The van der Waals surface area contributed by atoms with Crippen LogP contribution >= 0.6 is 15.9 Å². The first-order chi connectivity index (χ1) is 11.8. The number of carbonyl (C=O) groups is 1. The highest BCUT2D eigenvalue weighted by Crippen LogP contribution is 2.20. The Bertz CT molecular complexity index is 869. The number of rotatable bonds is 6. The molecule has 9 heteroatoms. The van der Waals surface area contributed by atoms with E-state index in [4.69, 9.17) is 0 Å². The van der Waals surface area contributed by atoms with Crippen LogP contribution in [-0.2, 0) is 14.8 Å². The zero-order valence-electron chi connectivity index (χ0n) is 13.2. The van der Waals surface area contributed by atoms with E-state index in [1.165, 1.54) is 30.5 Å². The molecule has 2 aromatic carbocycles. The molecule has 0 aliphatic carbocycles. The molecule has 0 aliphatic heterocycles. The molecule has 6 nitrogen and oxygen atoms in total. The molecule has 1 amide bonds. The second-order valence-electron chi connectivity index (χ2n) is 5.09. The van der Waals surface area contributed by atoms with E-state index < -0.39 is 22.5 Å². The molecular formula is C16H15BrFN3O3S. The smallest absolute Gasteiger partial charge is 0.260 e. The van der Waals surface area contributed by atoms with Gasteiger partial charge in [-0.25, -0.2) is 18.2 Å². The molecule has 1 N–H and O–H groups in total. The minimum absolute atomic E-state index is 0.364. The maximum absolute atomic E-state index is 12.8. The molecule has 2 rings (SSSR count). The lowest BCUT2D eigenvalue weighted by Gasteiger charge is -2.21. The van der Waals surface area contributed by atoms with Crippen LogP contribution in [0.1, 0.15) is 5.56 Å². The number of anilines is 1. The van der Waals surface area contributed by atoms with Gasteiger partial charge < -0.3 is 0 Å². The number of benzene rings is 2. The third-order valence-electron chi connectivity index (χ3n) is 3.08. The van der Waals surface area contributed by atoms with Crippen LogP contribution in [0.3, 0.4) is 0 Å². The molecular weight excluding hydrogens is 413 g/mol. The Balaban J connectivity index is 2.04. The Kier molecular flexibility index (Phi) is 6.27. The number of halogens is 2. The number of nitrogens with zero attached hydrogens (tertiary/aromatic N) is 2. The Hall–Kier alpha value is -2.26. The minimum atomic E-state index is -3.64. The van der Waals surface area contributed by atoms with Gasteiger partial charge in [0, 0.05) is 4.47 Å². The first-order valence-electron chi connectivity index (χ1n) is 7.06. The zero-order valence-corrected chi connectivity index (χ0v) is 15.6. The topological polar surface area (TPSA) is 78.8 Å². The van der Waals surface area contributed by atoms with Crippen LogP contribution < -0.4 is 9.73 Å². The summed E-state index contributed by atoms with van der Waals surface area (Å²) in [4.78, 5) is 12.0. The second kappa shape index (κ2) is 8.21. The second-order valence-corrected chi connectivity index (χ2v) is 7.91. The van der Waals surface area contributed by atoms with Crippen LogP contribution in [0.25, 0.3) is 0 Å². The lowest BCUT2D eigenvalue weighted by atomic mass is 10.2. The number of sulfonamides is 1. The quantitative estimate of drug-likeness (QED) is 0.568. The van der Waals surface area contributed by atoms with Crippen molar-refractivity contribution in [2.75, 3.05) is 17.1 Å². The highest BCUT2D eigenvalue weighted by atomic mass is 79.9. The maximum Gasteiger partial charge on any atom is 0.260 e. The van der Waals surface area contributed by atoms with Gasteiger partial charge in [0.25, 0.3) is 5.91 Å². The molecule has 0 spiro atoms. The van der Waals surface area contributed by atoms with Gasteiger partial charge in [-0.2, -0.15) is 5.10 Å². The molecule has 0 saturated heterocycles. The van der Waals surface area contributed by atoms with Crippen molar-refractivity contribution in [3.8, 4) is 0 Å². The van der Waals surface area contributed by atoms with Gasteiger partial charge in [-0.3, -0.25) is 9.10 Å². The number of hydrogen-bond donors (Lipinski definition) is 1. The average Bonchev–Trinajstić information content (AvgIpc) is 2.54. The fourth-order valence-corrected chi connectivity index (χ4v) is 3.02. The van der Waals surface area contributed by atoms with E-state index in [1.54, 1.807) is 24.3 Å². The highest BCUT2D eigenvalue weighted by Gasteiger charge is 2.20. The maximum atomic E-state index is 12.8. The molecule has 0 heterocycles. The molecule has 0 bridgehead atoms. The first-order valence-corrected chi connectivity index (χ1v) is 9.70. The molecule has 0 atom stereocenters. The molecule has 0 aromatic heterocycles. The van der Waals surface area contributed by atoms with Crippen molar-refractivity contribution in [2.24, 2.45) is 5.10 Å². The fourth-order valence-electron chi connectivity index (χ4n) is 1.90. The van der Waals surface area contributed by atoms with Crippen LogP contribution in [0.4, 0.5) is 10.1 Å². The standard InChI is InChI=1S/C16H15BrFN3O3S/c1-25(23,24)21(15-8-4-13(17)5-9-15)11-16(22)20-19-10-12-2-6-14(18)7-3-12/h2-10H,11H2,1H3,(H,20,22)/b19-10-. The lowest BCUT2D eigenvalue weighted by molar-refractivity contribution is -0.119. The van der Waals surface area contributed by atoms with Crippen LogP contribution in [0.15, 0.2) is 58.1 Å². The van der Waals surface area contributed by atoms with Crippen molar-refractivity contribution >= 4 is 43.8 Å². The van der Waals surface area contributed by atoms with E-state index in [1.807, 2.05) is 0 Å². The zero-order chi connectivity index (χ0) is 18.4. The van der Waals surface area contributed by atoms with Gasteiger partial charge in [-0.1, -0.05) is 28.1 Å². The molecule has 0 fully saturated rings. The van der Waals surface area contributed by atoms with Gasteiger partial charge >= 0.3 is 0 Å². The van der Waals surface area contributed by atoms with Crippen molar-refractivity contribution in [3.05, 3.63) is 64.4 Å². The number of nitrogens with one attached hydrogen (secondary N) is 1. The van der Waals surface area contributed by atoms with Crippen molar-refractivity contribution in [1.82, 2.24) is 5.43 Å². The molecule has 132 valence electrons. The SMILES string of the molecule is CS(=O)(=O)N(CC(=O)N/N=C\c1ccc(F)cc1)c1ccc(Br)cc1. The summed E-state index contributed by atoms with van der Waals surface area (Å²) in [6.45, 7) is -0.415. The van der Waals surface area contributed by atoms with Gasteiger partial charge in [0.15, 0.2) is 0 Å². The largest absolute Gasteiger partial charge is 0.271 e. The van der Waals surface area contributed by atoms with Crippen molar-refractivity contribution in [3.63, 3.8) is 0 Å². The third-order valence-corrected chi connectivity index (χ3v) is 4.74. The third kappa shape index (κ3) is 5.95. The summed E-state index contributed by atoms with van der Waals surface area (Å²) in [6, 6.07) is 12.0. The summed E-state index contributed by atoms with van der Waals surface area (Å²) in [5.74, 6) is -0.980. The van der Waals surface area contributed by atoms with E-state index in [0.29, 0.717) is 11.3 Å². The van der Waals surface area contributed by atoms with Gasteiger partial charge in [0.2, 0.25) is 10.0 Å². The van der Waals surface area contributed by atoms with E-state index in [2.05, 4.69) is 26.5 Å². The van der Waals surface area contributed by atoms with Crippen LogP contribution in [0.5, 0.6) is 0 Å². The number of hydrazone groups is 1. The van der Waals surface area contributed by atoms with Crippen molar-refractivity contribution in [2.45, 2.75) is 0 Å². The van der Waals surface area contributed by atoms with Crippen LogP contribution in [-0.4, -0.2) is 33.3 Å². The van der Waals surface area contributed by atoms with E-state index in [-0.39, 0.29) is 5.82 Å². The molecule has 0 saturated carbocycles. The van der Waals surface area contributed by atoms with Crippen LogP contribution in [0.2, 0.25) is 0 Å². The predicted octanol–water partition coefficient (Wildman–Crippen LogP) is 2.50. The van der Waals surface area contributed by atoms with Gasteiger partial charge in [-0.15, -0.1) is 0 Å². The van der Waals surface area contributed by atoms with E-state index in [0.717, 1.165) is 15.0 Å². The Labute approximate surface area is 153 Å². The number of hydrogen-bond acceptors (Lipinski definition) is 4. The molecule has 0 aliphatic rings. The molecule has 0 unspecified atom stereocenters. The summed E-state index contributed by atoms with van der Waals surface area (Å²) >= 11 is 3.27. The Morgan fingerprint density at radius 2 is 1.80 bits per heavy atom. The monoisotopic (exact) mass is 427 g/mol. The lowest BCUT2D eigenvalue weighted by Crippen LogP contribution is -2.38. The normalized spacial score (nSPS) is 11.5. The minimum Gasteiger partial charge on any atom is -0.271 e. The number of amides is 1. The average molecular weight is 428 g/mol. The first kappa shape index (κ1) is 19.1. The molecule has 25 heavy (non-hydrogen) atoms. The van der Waals surface area contributed by atoms with Gasteiger partial charge in [0.1, 0.15) is 12.4 Å². The summed E-state index contributed by atoms with van der Waals surface area (Å²) in [5.41, 5.74) is 3.21. The Morgan fingerprint density at radius 1 is 1.20 bits per heavy atom. The summed E-state index contributed by atoms with van der Waals surface area (Å²) in [7, 11) is -3.64. The van der Waals surface area contributed by atoms with Crippen LogP contribution in [0, 0.1) is 5.82 Å². The fraction of sp³-hybridized carbons (Fsp3) is 0.125. The molecule has 0 radical (unpaired) electrons. The van der Waals surface area contributed by atoms with Crippen molar-refractivity contribution < 1.29 is 17.6 Å². The molecule has 2 aromatic rings. The predicted molar refractivity (Wildman–Crippen MR) is 98.5 cm³/mol. The van der Waals surface area contributed by atoms with Crippen molar-refractivity contribution in [1.29, 1.82) is 0 Å². The van der Waals surface area contributed by atoms with E-state index >= 15 is 0 Å². The number of carbonyl (C=O) groups excluding carboxylic acids is 1. The summed E-state index contributed by atoms with van der Waals surface area (Å²) in [5, 5.41) is 3.74. The summed E-state index contributed by atoms with van der Waals surface area (Å²) in [6.07, 6.45) is 2.35. The Morgan fingerprint density at radius 3 is 2.36 bits per heavy atom.